The Morgan fingerprint density at radius 2 is 2.04 bits per heavy atom. The molecule has 1 fully saturated rings. The predicted molar refractivity (Wildman–Crippen MR) is 98.5 cm³/mol. The SMILES string of the molecule is CCC/C=C1\C(CC)=NC=C(C#N)N1C(=N)N1CC(C)CC(C)C1. The van der Waals surface area contributed by atoms with Crippen molar-refractivity contribution in [3.63, 3.8) is 0 Å². The topological polar surface area (TPSA) is 66.5 Å². The number of nitrogens with one attached hydrogen (secondary N) is 1. The minimum atomic E-state index is 0.407. The third kappa shape index (κ3) is 3.87. The van der Waals surface area contributed by atoms with Gasteiger partial charge in [-0.2, -0.15) is 5.26 Å². The van der Waals surface area contributed by atoms with Crippen LogP contribution in [0.4, 0.5) is 0 Å². The standard InChI is InChI=1S/C19H29N5/c1-5-7-8-18-17(6-2)22-11-16(10-20)24(18)19(21)23-12-14(3)9-15(4)13-23/h8,11,14-15,21H,5-7,9,12-13H2,1-4H3/b18-8+,21-19?. The Balaban J connectivity index is 2.35. The van der Waals surface area contributed by atoms with Crippen molar-refractivity contribution in [2.24, 2.45) is 16.8 Å². The zero-order valence-corrected chi connectivity index (χ0v) is 15.3. The molecule has 5 nitrogen and oxygen atoms in total. The number of unbranched alkanes of at least 4 members (excludes halogenated alkanes) is 1. The maximum absolute atomic E-state index is 9.54. The summed E-state index contributed by atoms with van der Waals surface area (Å²) < 4.78 is 0. The van der Waals surface area contributed by atoms with Gasteiger partial charge in [0.1, 0.15) is 11.8 Å². The van der Waals surface area contributed by atoms with Gasteiger partial charge in [-0.25, -0.2) is 0 Å². The van der Waals surface area contributed by atoms with Gasteiger partial charge in [-0.3, -0.25) is 15.3 Å². The van der Waals surface area contributed by atoms with Gasteiger partial charge in [0.15, 0.2) is 0 Å². The quantitative estimate of drug-likeness (QED) is 0.626. The molecule has 0 spiro atoms. The first-order valence-electron chi connectivity index (χ1n) is 9.02. The van der Waals surface area contributed by atoms with E-state index in [1.807, 2.05) is 0 Å². The number of rotatable bonds is 3. The Morgan fingerprint density at radius 3 is 2.58 bits per heavy atom. The van der Waals surface area contributed by atoms with Crippen LogP contribution in [-0.4, -0.2) is 34.6 Å². The van der Waals surface area contributed by atoms with Gasteiger partial charge in [0, 0.05) is 13.1 Å². The molecule has 0 aromatic heterocycles. The lowest BCUT2D eigenvalue weighted by Gasteiger charge is -2.41. The van der Waals surface area contributed by atoms with Crippen molar-refractivity contribution in [3.05, 3.63) is 23.7 Å². The minimum Gasteiger partial charge on any atom is -0.342 e. The van der Waals surface area contributed by atoms with Gasteiger partial charge in [0.2, 0.25) is 5.96 Å². The number of hydrogen-bond acceptors (Lipinski definition) is 3. The highest BCUT2D eigenvalue weighted by Gasteiger charge is 2.31. The average Bonchev–Trinajstić information content (AvgIpc) is 2.57. The molecular formula is C19H29N5. The molecule has 0 amide bonds. The molecule has 5 heteroatoms. The lowest BCUT2D eigenvalue weighted by Crippen LogP contribution is -2.50. The van der Waals surface area contributed by atoms with Crippen LogP contribution >= 0.6 is 0 Å². The predicted octanol–water partition coefficient (Wildman–Crippen LogP) is 4.11. The van der Waals surface area contributed by atoms with Crippen molar-refractivity contribution in [2.45, 2.75) is 53.4 Å². The maximum Gasteiger partial charge on any atom is 0.203 e. The molecule has 2 unspecified atom stereocenters. The molecule has 2 atom stereocenters. The second-order valence-electron chi connectivity index (χ2n) is 6.94. The smallest absolute Gasteiger partial charge is 0.203 e. The zero-order valence-electron chi connectivity index (χ0n) is 15.3. The number of likely N-dealkylation sites (tertiary alicyclic amines) is 1. The molecule has 2 aliphatic heterocycles. The fourth-order valence-corrected chi connectivity index (χ4v) is 3.57. The van der Waals surface area contributed by atoms with Crippen LogP contribution in [0.2, 0.25) is 0 Å². The van der Waals surface area contributed by atoms with Crippen molar-refractivity contribution in [2.75, 3.05) is 13.1 Å². The minimum absolute atomic E-state index is 0.407. The van der Waals surface area contributed by atoms with Crippen LogP contribution in [-0.2, 0) is 0 Å². The lowest BCUT2D eigenvalue weighted by atomic mass is 9.92. The Labute approximate surface area is 145 Å². The normalized spacial score (nSPS) is 26.0. The van der Waals surface area contributed by atoms with Gasteiger partial charge in [0.05, 0.1) is 17.6 Å². The van der Waals surface area contributed by atoms with E-state index in [0.717, 1.165) is 43.8 Å². The van der Waals surface area contributed by atoms with Gasteiger partial charge >= 0.3 is 0 Å². The number of hydrogen-bond donors (Lipinski definition) is 1. The van der Waals surface area contributed by atoms with E-state index < -0.39 is 0 Å². The van der Waals surface area contributed by atoms with Gasteiger partial charge < -0.3 is 4.90 Å². The number of nitriles is 1. The molecule has 0 radical (unpaired) electrons. The largest absolute Gasteiger partial charge is 0.342 e. The Kier molecular flexibility index (Phi) is 6.19. The monoisotopic (exact) mass is 327 g/mol. The van der Waals surface area contributed by atoms with Gasteiger partial charge in [-0.1, -0.05) is 40.2 Å². The van der Waals surface area contributed by atoms with Crippen molar-refractivity contribution in [1.82, 2.24) is 9.80 Å². The average molecular weight is 327 g/mol. The van der Waals surface area contributed by atoms with E-state index in [0.29, 0.717) is 23.5 Å². The van der Waals surface area contributed by atoms with Crippen LogP contribution in [0.5, 0.6) is 0 Å². The van der Waals surface area contributed by atoms with Crippen molar-refractivity contribution < 1.29 is 0 Å². The Hall–Kier alpha value is -2.09. The van der Waals surface area contributed by atoms with Gasteiger partial charge in [-0.05, 0) is 31.1 Å². The van der Waals surface area contributed by atoms with Gasteiger partial charge in [0.25, 0.3) is 0 Å². The summed E-state index contributed by atoms with van der Waals surface area (Å²) in [6.07, 6.45) is 7.67. The summed E-state index contributed by atoms with van der Waals surface area (Å²) in [5.74, 6) is 1.54. The van der Waals surface area contributed by atoms with E-state index in [2.05, 4.69) is 49.7 Å². The third-order valence-electron chi connectivity index (χ3n) is 4.58. The van der Waals surface area contributed by atoms with Crippen LogP contribution in [0.3, 0.4) is 0 Å². The molecule has 0 aromatic rings. The third-order valence-corrected chi connectivity index (χ3v) is 4.58. The number of allylic oxidation sites excluding steroid dienone is 3. The molecule has 2 heterocycles. The summed E-state index contributed by atoms with van der Waals surface area (Å²) >= 11 is 0. The fourth-order valence-electron chi connectivity index (χ4n) is 3.57. The second-order valence-corrected chi connectivity index (χ2v) is 6.94. The van der Waals surface area contributed by atoms with E-state index in [4.69, 9.17) is 5.41 Å². The molecule has 1 saturated heterocycles. The van der Waals surface area contributed by atoms with E-state index in [1.54, 1.807) is 11.1 Å². The van der Waals surface area contributed by atoms with Crippen LogP contribution in [0.15, 0.2) is 28.7 Å². The number of nitrogens with zero attached hydrogens (tertiary/aromatic N) is 4. The summed E-state index contributed by atoms with van der Waals surface area (Å²) in [5, 5.41) is 18.3. The molecule has 2 rings (SSSR count). The Morgan fingerprint density at radius 1 is 1.38 bits per heavy atom. The molecule has 130 valence electrons. The first-order chi connectivity index (χ1) is 11.5. The van der Waals surface area contributed by atoms with Crippen LogP contribution in [0.25, 0.3) is 0 Å². The van der Waals surface area contributed by atoms with Crippen molar-refractivity contribution in [3.8, 4) is 6.07 Å². The van der Waals surface area contributed by atoms with Crippen LogP contribution < -0.4 is 0 Å². The fraction of sp³-hybridized carbons (Fsp3) is 0.632. The molecule has 0 aromatic carbocycles. The Bertz CT molecular complexity index is 598. The van der Waals surface area contributed by atoms with E-state index >= 15 is 0 Å². The number of piperidine rings is 1. The van der Waals surface area contributed by atoms with E-state index in [1.165, 1.54) is 6.42 Å². The summed E-state index contributed by atoms with van der Waals surface area (Å²) in [6, 6.07) is 2.22. The molecule has 0 aliphatic carbocycles. The highest BCUT2D eigenvalue weighted by molar-refractivity contribution is 6.05. The molecule has 0 bridgehead atoms. The summed E-state index contributed by atoms with van der Waals surface area (Å²) in [5.41, 5.74) is 2.30. The first kappa shape index (κ1) is 18.3. The zero-order chi connectivity index (χ0) is 17.7. The molecule has 1 N–H and O–H groups in total. The second kappa shape index (κ2) is 8.14. The van der Waals surface area contributed by atoms with E-state index in [9.17, 15) is 5.26 Å². The summed E-state index contributed by atoms with van der Waals surface area (Å²) in [7, 11) is 0. The first-order valence-corrected chi connectivity index (χ1v) is 9.02. The van der Waals surface area contributed by atoms with Crippen molar-refractivity contribution in [1.29, 1.82) is 10.7 Å². The highest BCUT2D eigenvalue weighted by atomic mass is 15.4. The molecule has 2 aliphatic rings. The maximum atomic E-state index is 9.54. The summed E-state index contributed by atoms with van der Waals surface area (Å²) in [6.45, 7) is 10.4. The molecule has 0 saturated carbocycles. The van der Waals surface area contributed by atoms with Crippen molar-refractivity contribution >= 4 is 11.7 Å². The molecule has 24 heavy (non-hydrogen) atoms. The van der Waals surface area contributed by atoms with Gasteiger partial charge in [-0.15, -0.1) is 0 Å². The van der Waals surface area contributed by atoms with Crippen LogP contribution in [0.1, 0.15) is 53.4 Å². The molecular weight excluding hydrogens is 298 g/mol. The number of guanidine groups is 1. The number of aliphatic imine (C=N–C) groups is 1. The summed E-state index contributed by atoms with van der Waals surface area (Å²) in [4.78, 5) is 8.36. The lowest BCUT2D eigenvalue weighted by molar-refractivity contribution is 0.199. The van der Waals surface area contributed by atoms with Crippen LogP contribution in [0, 0.1) is 28.6 Å². The highest BCUT2D eigenvalue weighted by Crippen LogP contribution is 2.27. The van der Waals surface area contributed by atoms with E-state index in [-0.39, 0.29) is 0 Å².